The molecule has 1 aliphatic heterocycles. The van der Waals surface area contributed by atoms with E-state index in [-0.39, 0.29) is 0 Å². The number of pyridine rings is 2. The first-order valence-corrected chi connectivity index (χ1v) is 7.06. The van der Waals surface area contributed by atoms with Crippen molar-refractivity contribution >= 4 is 11.8 Å². The average Bonchev–Trinajstić information content (AvgIpc) is 2.54. The number of nitrogens with two attached hydrogens (primary N) is 1. The Balaban J connectivity index is 1.99. The molecule has 1 aliphatic rings. The fourth-order valence-electron chi connectivity index (χ4n) is 2.67. The summed E-state index contributed by atoms with van der Waals surface area (Å²) in [5.74, 6) is 0.642. The van der Waals surface area contributed by atoms with Crippen molar-refractivity contribution in [3.63, 3.8) is 0 Å². The van der Waals surface area contributed by atoms with Gasteiger partial charge in [0, 0.05) is 36.3 Å². The van der Waals surface area contributed by atoms with Crippen LogP contribution in [0.25, 0.3) is 11.1 Å². The zero-order valence-corrected chi connectivity index (χ0v) is 12.0. The highest BCUT2D eigenvalue weighted by Gasteiger charge is 2.22. The maximum Gasteiger partial charge on any atom is 0.320 e. The quantitative estimate of drug-likeness (QED) is 0.916. The standard InChI is InChI=1S/C16H15N5O/c17-4-3-11-6-13(9-19-8-11)14-7-12-2-1-5-21(16(18)22)15(12)20-10-14/h6-10H,1-3,5H2,(H2,18,22). The van der Waals surface area contributed by atoms with Crippen LogP contribution in [0.1, 0.15) is 17.5 Å². The molecule has 2 aromatic rings. The summed E-state index contributed by atoms with van der Waals surface area (Å²) < 4.78 is 0. The van der Waals surface area contributed by atoms with E-state index in [9.17, 15) is 4.79 Å². The molecule has 6 nitrogen and oxygen atoms in total. The van der Waals surface area contributed by atoms with Gasteiger partial charge >= 0.3 is 6.03 Å². The smallest absolute Gasteiger partial charge is 0.320 e. The fourth-order valence-corrected chi connectivity index (χ4v) is 2.67. The summed E-state index contributed by atoms with van der Waals surface area (Å²) in [7, 11) is 0. The number of urea groups is 1. The molecule has 0 spiro atoms. The van der Waals surface area contributed by atoms with Gasteiger partial charge in [-0.1, -0.05) is 0 Å². The number of rotatable bonds is 2. The summed E-state index contributed by atoms with van der Waals surface area (Å²) in [6.45, 7) is 0.605. The van der Waals surface area contributed by atoms with E-state index in [0.29, 0.717) is 18.8 Å². The topological polar surface area (TPSA) is 95.9 Å². The van der Waals surface area contributed by atoms with Crippen LogP contribution in [0.2, 0.25) is 0 Å². The van der Waals surface area contributed by atoms with Crippen molar-refractivity contribution in [3.05, 3.63) is 41.9 Å². The number of aromatic nitrogens is 2. The number of hydrogen-bond donors (Lipinski definition) is 1. The largest absolute Gasteiger partial charge is 0.351 e. The van der Waals surface area contributed by atoms with E-state index in [2.05, 4.69) is 16.0 Å². The summed E-state index contributed by atoms with van der Waals surface area (Å²) >= 11 is 0. The Kier molecular flexibility index (Phi) is 3.71. The first-order chi connectivity index (χ1) is 10.7. The van der Waals surface area contributed by atoms with Crippen LogP contribution < -0.4 is 10.6 Å². The van der Waals surface area contributed by atoms with Crippen molar-refractivity contribution in [2.45, 2.75) is 19.3 Å². The normalized spacial score (nSPS) is 13.3. The van der Waals surface area contributed by atoms with Gasteiger partial charge in [0.15, 0.2) is 0 Å². The number of hydrogen-bond acceptors (Lipinski definition) is 4. The molecule has 0 saturated carbocycles. The second-order valence-corrected chi connectivity index (χ2v) is 5.22. The Hall–Kier alpha value is -2.94. The van der Waals surface area contributed by atoms with E-state index in [1.54, 1.807) is 18.6 Å². The first kappa shape index (κ1) is 14.0. The molecule has 2 N–H and O–H groups in total. The lowest BCUT2D eigenvalue weighted by atomic mass is 10.0. The summed E-state index contributed by atoms with van der Waals surface area (Å²) in [6.07, 6.45) is 7.22. The third-order valence-corrected chi connectivity index (χ3v) is 3.70. The molecule has 2 aromatic heterocycles. The van der Waals surface area contributed by atoms with Gasteiger partial charge in [-0.2, -0.15) is 5.26 Å². The van der Waals surface area contributed by atoms with Crippen molar-refractivity contribution in [1.82, 2.24) is 9.97 Å². The summed E-state index contributed by atoms with van der Waals surface area (Å²) in [5.41, 5.74) is 9.11. The van der Waals surface area contributed by atoms with Gasteiger partial charge in [-0.25, -0.2) is 9.78 Å². The molecule has 6 heteroatoms. The molecule has 0 atom stereocenters. The average molecular weight is 293 g/mol. The summed E-state index contributed by atoms with van der Waals surface area (Å²) in [5, 5.41) is 8.78. The number of nitrogens with zero attached hydrogens (tertiary/aromatic N) is 4. The molecule has 0 fully saturated rings. The van der Waals surface area contributed by atoms with Gasteiger partial charge in [0.05, 0.1) is 12.5 Å². The molecule has 0 aromatic carbocycles. The van der Waals surface area contributed by atoms with Crippen LogP contribution in [-0.2, 0) is 12.8 Å². The Bertz CT molecular complexity index is 765. The van der Waals surface area contributed by atoms with Gasteiger partial charge in [0.1, 0.15) is 5.82 Å². The molecular formula is C16H15N5O. The SMILES string of the molecule is N#CCc1cncc(-c2cnc3c(c2)CCCN3C(N)=O)c1. The van der Waals surface area contributed by atoms with E-state index < -0.39 is 6.03 Å². The number of aryl methyl sites for hydroxylation is 1. The molecule has 0 bridgehead atoms. The lowest BCUT2D eigenvalue weighted by Crippen LogP contribution is -2.40. The Morgan fingerprint density at radius 3 is 2.91 bits per heavy atom. The molecule has 22 heavy (non-hydrogen) atoms. The molecule has 0 unspecified atom stereocenters. The molecule has 3 heterocycles. The van der Waals surface area contributed by atoms with Gasteiger partial charge in [0.25, 0.3) is 0 Å². The Labute approximate surface area is 128 Å². The summed E-state index contributed by atoms with van der Waals surface area (Å²) in [4.78, 5) is 21.5. The minimum atomic E-state index is -0.473. The van der Waals surface area contributed by atoms with Gasteiger partial charge < -0.3 is 5.73 Å². The van der Waals surface area contributed by atoms with E-state index in [0.717, 1.165) is 35.1 Å². The third-order valence-electron chi connectivity index (χ3n) is 3.70. The van der Waals surface area contributed by atoms with Gasteiger partial charge in [-0.15, -0.1) is 0 Å². The van der Waals surface area contributed by atoms with Crippen molar-refractivity contribution in [1.29, 1.82) is 5.26 Å². The zero-order valence-electron chi connectivity index (χ0n) is 12.0. The lowest BCUT2D eigenvalue weighted by Gasteiger charge is -2.26. The highest BCUT2D eigenvalue weighted by atomic mass is 16.2. The number of amides is 2. The molecule has 2 amide bonds. The fraction of sp³-hybridized carbons (Fsp3) is 0.250. The maximum atomic E-state index is 11.5. The van der Waals surface area contributed by atoms with Crippen LogP contribution in [0.4, 0.5) is 10.6 Å². The van der Waals surface area contributed by atoms with E-state index in [1.807, 2.05) is 12.1 Å². The summed E-state index contributed by atoms with van der Waals surface area (Å²) in [6, 6.07) is 5.60. The van der Waals surface area contributed by atoms with E-state index in [1.165, 1.54) is 4.90 Å². The third kappa shape index (κ3) is 2.61. The predicted octanol–water partition coefficient (Wildman–Crippen LogP) is 2.04. The number of nitriles is 1. The molecule has 0 aliphatic carbocycles. The Morgan fingerprint density at radius 1 is 1.32 bits per heavy atom. The molecular weight excluding hydrogens is 278 g/mol. The first-order valence-electron chi connectivity index (χ1n) is 7.06. The maximum absolute atomic E-state index is 11.5. The van der Waals surface area contributed by atoms with E-state index >= 15 is 0 Å². The number of carbonyl (C=O) groups excluding carboxylic acids is 1. The van der Waals surface area contributed by atoms with Crippen LogP contribution in [0.5, 0.6) is 0 Å². The van der Waals surface area contributed by atoms with Crippen LogP contribution in [-0.4, -0.2) is 22.5 Å². The molecule has 3 rings (SSSR count). The van der Waals surface area contributed by atoms with Crippen LogP contribution in [0.15, 0.2) is 30.7 Å². The van der Waals surface area contributed by atoms with Gasteiger partial charge in [0.2, 0.25) is 0 Å². The molecule has 0 radical (unpaired) electrons. The monoisotopic (exact) mass is 293 g/mol. The second-order valence-electron chi connectivity index (χ2n) is 5.22. The number of primary amides is 1. The number of fused-ring (bicyclic) bond motifs is 1. The predicted molar refractivity (Wildman–Crippen MR) is 82.0 cm³/mol. The molecule has 0 saturated heterocycles. The van der Waals surface area contributed by atoms with Crippen LogP contribution in [0, 0.1) is 11.3 Å². The minimum absolute atomic E-state index is 0.328. The van der Waals surface area contributed by atoms with Crippen molar-refractivity contribution < 1.29 is 4.79 Å². The zero-order chi connectivity index (χ0) is 15.5. The number of carbonyl (C=O) groups is 1. The Morgan fingerprint density at radius 2 is 2.14 bits per heavy atom. The van der Waals surface area contributed by atoms with E-state index in [4.69, 9.17) is 11.0 Å². The highest BCUT2D eigenvalue weighted by molar-refractivity contribution is 5.91. The minimum Gasteiger partial charge on any atom is -0.351 e. The van der Waals surface area contributed by atoms with Gasteiger partial charge in [-0.05, 0) is 36.1 Å². The van der Waals surface area contributed by atoms with Crippen molar-refractivity contribution in [2.24, 2.45) is 5.73 Å². The van der Waals surface area contributed by atoms with Crippen molar-refractivity contribution in [3.8, 4) is 17.2 Å². The number of anilines is 1. The molecule has 110 valence electrons. The van der Waals surface area contributed by atoms with Crippen molar-refractivity contribution in [2.75, 3.05) is 11.4 Å². The highest BCUT2D eigenvalue weighted by Crippen LogP contribution is 2.29. The van der Waals surface area contributed by atoms with Gasteiger partial charge in [-0.3, -0.25) is 9.88 Å². The van der Waals surface area contributed by atoms with Crippen LogP contribution in [0.3, 0.4) is 0 Å². The van der Waals surface area contributed by atoms with Crippen LogP contribution >= 0.6 is 0 Å². The second kappa shape index (κ2) is 5.82. The lowest BCUT2D eigenvalue weighted by molar-refractivity contribution is 0.253.